The number of benzene rings is 1. The first-order valence-corrected chi connectivity index (χ1v) is 7.03. The summed E-state index contributed by atoms with van der Waals surface area (Å²) in [5.74, 6) is 1.31. The van der Waals surface area contributed by atoms with Crippen LogP contribution in [0.2, 0.25) is 0 Å². The summed E-state index contributed by atoms with van der Waals surface area (Å²) in [4.78, 5) is 21.1. The van der Waals surface area contributed by atoms with Gasteiger partial charge in [0.1, 0.15) is 5.82 Å². The molecule has 1 amide bonds. The third-order valence-corrected chi connectivity index (χ3v) is 3.62. The van der Waals surface area contributed by atoms with Gasteiger partial charge in [0.15, 0.2) is 0 Å². The number of rotatable bonds is 4. The van der Waals surface area contributed by atoms with Crippen molar-refractivity contribution in [2.75, 3.05) is 30.3 Å². The van der Waals surface area contributed by atoms with Crippen molar-refractivity contribution >= 4 is 17.9 Å². The lowest BCUT2D eigenvalue weighted by atomic mass is 10.00. The molecule has 1 aromatic heterocycles. The van der Waals surface area contributed by atoms with Crippen molar-refractivity contribution in [1.82, 2.24) is 15.3 Å². The molecular formula is C15H17N5O2. The first-order chi connectivity index (χ1) is 10.6. The normalized spacial score (nSPS) is 14.5. The van der Waals surface area contributed by atoms with E-state index in [1.807, 2.05) is 36.4 Å². The number of nitrogens with zero attached hydrogens (tertiary/aromatic N) is 3. The molecular weight excluding hydrogens is 282 g/mol. The zero-order valence-corrected chi connectivity index (χ0v) is 11.9. The summed E-state index contributed by atoms with van der Waals surface area (Å²) in [5.41, 5.74) is 7.58. The van der Waals surface area contributed by atoms with Crippen molar-refractivity contribution < 1.29 is 9.90 Å². The van der Waals surface area contributed by atoms with Crippen molar-refractivity contribution in [3.05, 3.63) is 36.4 Å². The fraction of sp³-hybridized carbons (Fsp3) is 0.267. The number of hydrogen-bond acceptors (Lipinski definition) is 5. The molecule has 1 fully saturated rings. The van der Waals surface area contributed by atoms with E-state index < -0.39 is 6.09 Å². The average Bonchev–Trinajstić information content (AvgIpc) is 2.45. The lowest BCUT2D eigenvalue weighted by molar-refractivity contribution is 0.191. The molecule has 7 heteroatoms. The quantitative estimate of drug-likeness (QED) is 0.789. The van der Waals surface area contributed by atoms with Crippen LogP contribution in [0, 0.1) is 5.92 Å². The maximum absolute atomic E-state index is 10.5. The number of anilines is 2. The molecule has 2 aromatic rings. The molecule has 2 heterocycles. The second-order valence-corrected chi connectivity index (χ2v) is 5.29. The van der Waals surface area contributed by atoms with Gasteiger partial charge < -0.3 is 21.1 Å². The smallest absolute Gasteiger partial charge is 0.404 e. The summed E-state index contributed by atoms with van der Waals surface area (Å²) in [6.45, 7) is 1.97. The van der Waals surface area contributed by atoms with Crippen molar-refractivity contribution in [1.29, 1.82) is 0 Å². The van der Waals surface area contributed by atoms with Crippen LogP contribution in [0.1, 0.15) is 0 Å². The van der Waals surface area contributed by atoms with Crippen LogP contribution < -0.4 is 16.0 Å². The van der Waals surface area contributed by atoms with E-state index in [1.54, 1.807) is 0 Å². The number of amides is 1. The van der Waals surface area contributed by atoms with E-state index in [1.165, 1.54) is 0 Å². The monoisotopic (exact) mass is 299 g/mol. The van der Waals surface area contributed by atoms with Gasteiger partial charge in [0.2, 0.25) is 5.95 Å². The van der Waals surface area contributed by atoms with Gasteiger partial charge in [0.05, 0.1) is 5.69 Å². The van der Waals surface area contributed by atoms with Crippen LogP contribution in [-0.4, -0.2) is 40.8 Å². The summed E-state index contributed by atoms with van der Waals surface area (Å²) >= 11 is 0. The summed E-state index contributed by atoms with van der Waals surface area (Å²) in [7, 11) is 0. The van der Waals surface area contributed by atoms with Crippen LogP contribution in [0.25, 0.3) is 11.3 Å². The number of carboxylic acid groups (broad SMARTS) is 1. The van der Waals surface area contributed by atoms with E-state index in [-0.39, 0.29) is 5.95 Å². The van der Waals surface area contributed by atoms with E-state index in [4.69, 9.17) is 10.8 Å². The Balaban J connectivity index is 1.71. The Bertz CT molecular complexity index is 671. The Morgan fingerprint density at radius 3 is 2.73 bits per heavy atom. The Morgan fingerprint density at radius 2 is 2.05 bits per heavy atom. The largest absolute Gasteiger partial charge is 0.465 e. The van der Waals surface area contributed by atoms with Gasteiger partial charge >= 0.3 is 6.09 Å². The molecule has 22 heavy (non-hydrogen) atoms. The minimum absolute atomic E-state index is 0.239. The molecule has 0 aliphatic carbocycles. The van der Waals surface area contributed by atoms with Crippen LogP contribution in [0.4, 0.5) is 16.6 Å². The van der Waals surface area contributed by atoms with Gasteiger partial charge in [-0.25, -0.2) is 9.78 Å². The maximum Gasteiger partial charge on any atom is 0.404 e. The lowest BCUT2D eigenvalue weighted by Gasteiger charge is -2.40. The van der Waals surface area contributed by atoms with E-state index in [9.17, 15) is 4.79 Å². The highest BCUT2D eigenvalue weighted by Gasteiger charge is 2.28. The first kappa shape index (κ1) is 14.1. The standard InChI is InChI=1S/C15H17N5O2/c16-14-18-12(11-4-2-1-3-5-11)6-13(19-14)20-8-10(9-20)7-17-15(21)22/h1-6,10,17H,7-9H2,(H,21,22)(H2,16,18,19). The molecule has 1 aliphatic heterocycles. The molecule has 0 atom stereocenters. The minimum Gasteiger partial charge on any atom is -0.465 e. The number of hydrogen-bond donors (Lipinski definition) is 3. The molecule has 4 N–H and O–H groups in total. The molecule has 0 unspecified atom stereocenters. The molecule has 3 rings (SSSR count). The van der Waals surface area contributed by atoms with Gasteiger partial charge in [-0.15, -0.1) is 0 Å². The highest BCUT2D eigenvalue weighted by molar-refractivity contribution is 5.65. The van der Waals surface area contributed by atoms with Gasteiger partial charge in [-0.3, -0.25) is 0 Å². The van der Waals surface area contributed by atoms with Crippen molar-refractivity contribution in [2.24, 2.45) is 5.92 Å². The van der Waals surface area contributed by atoms with Crippen LogP contribution in [0.3, 0.4) is 0 Å². The summed E-state index contributed by atoms with van der Waals surface area (Å²) < 4.78 is 0. The number of aromatic nitrogens is 2. The van der Waals surface area contributed by atoms with E-state index >= 15 is 0 Å². The summed E-state index contributed by atoms with van der Waals surface area (Å²) in [5, 5.41) is 11.0. The predicted octanol–water partition coefficient (Wildman–Crippen LogP) is 1.43. The topological polar surface area (TPSA) is 104 Å². The molecule has 0 bridgehead atoms. The van der Waals surface area contributed by atoms with Crippen LogP contribution in [0.15, 0.2) is 36.4 Å². The third kappa shape index (κ3) is 3.08. The fourth-order valence-corrected chi connectivity index (χ4v) is 2.49. The molecule has 1 aromatic carbocycles. The maximum atomic E-state index is 10.5. The zero-order valence-electron chi connectivity index (χ0n) is 11.9. The molecule has 1 saturated heterocycles. The SMILES string of the molecule is Nc1nc(-c2ccccc2)cc(N2CC(CNC(=O)O)C2)n1. The van der Waals surface area contributed by atoms with Gasteiger partial charge in [-0.1, -0.05) is 30.3 Å². The van der Waals surface area contributed by atoms with Crippen LogP contribution >= 0.6 is 0 Å². The minimum atomic E-state index is -0.990. The summed E-state index contributed by atoms with van der Waals surface area (Å²) in [6.07, 6.45) is -0.990. The Morgan fingerprint density at radius 1 is 1.32 bits per heavy atom. The van der Waals surface area contributed by atoms with E-state index in [2.05, 4.69) is 20.2 Å². The van der Waals surface area contributed by atoms with E-state index in [0.29, 0.717) is 12.5 Å². The highest BCUT2D eigenvalue weighted by Crippen LogP contribution is 2.27. The molecule has 0 saturated carbocycles. The fourth-order valence-electron chi connectivity index (χ4n) is 2.49. The van der Waals surface area contributed by atoms with E-state index in [0.717, 1.165) is 30.2 Å². The van der Waals surface area contributed by atoms with Crippen molar-refractivity contribution in [3.63, 3.8) is 0 Å². The Labute approximate surface area is 127 Å². The predicted molar refractivity (Wildman–Crippen MR) is 83.6 cm³/mol. The number of nitrogen functional groups attached to an aromatic ring is 1. The van der Waals surface area contributed by atoms with Gasteiger partial charge in [-0.05, 0) is 0 Å². The van der Waals surface area contributed by atoms with Gasteiger partial charge in [-0.2, -0.15) is 4.98 Å². The molecule has 0 spiro atoms. The second kappa shape index (κ2) is 5.88. The zero-order chi connectivity index (χ0) is 15.5. The molecule has 114 valence electrons. The number of nitrogens with two attached hydrogens (primary N) is 1. The second-order valence-electron chi connectivity index (χ2n) is 5.29. The first-order valence-electron chi connectivity index (χ1n) is 7.03. The average molecular weight is 299 g/mol. The van der Waals surface area contributed by atoms with Crippen molar-refractivity contribution in [3.8, 4) is 11.3 Å². The van der Waals surface area contributed by atoms with Crippen LogP contribution in [-0.2, 0) is 0 Å². The Hall–Kier alpha value is -2.83. The summed E-state index contributed by atoms with van der Waals surface area (Å²) in [6, 6.07) is 11.7. The molecule has 1 aliphatic rings. The third-order valence-electron chi connectivity index (χ3n) is 3.62. The highest BCUT2D eigenvalue weighted by atomic mass is 16.4. The van der Waals surface area contributed by atoms with Gasteiger partial charge in [0, 0.05) is 37.2 Å². The number of nitrogens with one attached hydrogen (secondary N) is 1. The molecule has 7 nitrogen and oxygen atoms in total. The molecule has 0 radical (unpaired) electrons. The van der Waals surface area contributed by atoms with Crippen molar-refractivity contribution in [2.45, 2.75) is 0 Å². The number of carbonyl (C=O) groups is 1. The van der Waals surface area contributed by atoms with Gasteiger partial charge in [0.25, 0.3) is 0 Å². The lowest BCUT2D eigenvalue weighted by Crippen LogP contribution is -2.51. The van der Waals surface area contributed by atoms with Crippen LogP contribution in [0.5, 0.6) is 0 Å². The Kier molecular flexibility index (Phi) is 3.78.